The van der Waals surface area contributed by atoms with Crippen molar-refractivity contribution >= 4 is 32.9 Å². The molecular formula is C28H27NO3S. The number of benzene rings is 3. The van der Waals surface area contributed by atoms with Crippen LogP contribution in [0.25, 0.3) is 34.2 Å². The van der Waals surface area contributed by atoms with Crippen molar-refractivity contribution in [2.24, 2.45) is 0 Å². The summed E-state index contributed by atoms with van der Waals surface area (Å²) in [4.78, 5) is 4.96. The number of pyridine rings is 1. The molecule has 0 aliphatic heterocycles. The van der Waals surface area contributed by atoms with Crippen LogP contribution in [-0.2, 0) is 9.84 Å². The fraction of sp³-hybridized carbons (Fsp3) is 0.179. The number of rotatable bonds is 6. The molecule has 4 rings (SSSR count). The monoisotopic (exact) mass is 457 g/mol. The third kappa shape index (κ3) is 4.99. The molecule has 0 spiro atoms. The van der Waals surface area contributed by atoms with E-state index in [0.29, 0.717) is 10.8 Å². The number of aromatic nitrogens is 1. The number of methoxy groups -OCH3 is 1. The van der Waals surface area contributed by atoms with Crippen molar-refractivity contribution < 1.29 is 13.2 Å². The van der Waals surface area contributed by atoms with Gasteiger partial charge in [-0.05, 0) is 65.1 Å². The highest BCUT2D eigenvalue weighted by molar-refractivity contribution is 7.90. The van der Waals surface area contributed by atoms with E-state index in [4.69, 9.17) is 4.74 Å². The lowest BCUT2D eigenvalue weighted by Gasteiger charge is -2.14. The van der Waals surface area contributed by atoms with Crippen LogP contribution in [0.2, 0.25) is 0 Å². The van der Waals surface area contributed by atoms with Crippen LogP contribution in [0, 0.1) is 0 Å². The van der Waals surface area contributed by atoms with Crippen LogP contribution in [0.5, 0.6) is 5.75 Å². The number of fused-ring (bicyclic) bond motifs is 1. The van der Waals surface area contributed by atoms with Gasteiger partial charge >= 0.3 is 0 Å². The van der Waals surface area contributed by atoms with E-state index in [1.807, 2.05) is 30.5 Å². The number of hydrogen-bond acceptors (Lipinski definition) is 4. The van der Waals surface area contributed by atoms with Gasteiger partial charge in [-0.1, -0.05) is 50.3 Å². The fourth-order valence-electron chi connectivity index (χ4n) is 3.81. The highest BCUT2D eigenvalue weighted by Gasteiger charge is 2.12. The summed E-state index contributed by atoms with van der Waals surface area (Å²) < 4.78 is 29.0. The Hall–Kier alpha value is -3.44. The molecule has 0 saturated carbocycles. The van der Waals surface area contributed by atoms with Gasteiger partial charge in [-0.2, -0.15) is 0 Å². The van der Waals surface area contributed by atoms with Crippen molar-refractivity contribution in [1.82, 2.24) is 4.98 Å². The third-order valence-electron chi connectivity index (χ3n) is 5.70. The van der Waals surface area contributed by atoms with Crippen LogP contribution < -0.4 is 4.74 Å². The van der Waals surface area contributed by atoms with Crippen molar-refractivity contribution in [3.8, 4) is 16.9 Å². The van der Waals surface area contributed by atoms with E-state index in [0.717, 1.165) is 38.9 Å². The van der Waals surface area contributed by atoms with Crippen LogP contribution in [0.4, 0.5) is 0 Å². The Morgan fingerprint density at radius 2 is 1.70 bits per heavy atom. The number of hydrogen-bond donors (Lipinski definition) is 0. The predicted molar refractivity (Wildman–Crippen MR) is 136 cm³/mol. The average Bonchev–Trinajstić information content (AvgIpc) is 2.81. The van der Waals surface area contributed by atoms with Crippen molar-refractivity contribution in [2.45, 2.75) is 24.7 Å². The quantitative estimate of drug-likeness (QED) is 0.306. The molecule has 168 valence electrons. The molecule has 0 atom stereocenters. The lowest BCUT2D eigenvalue weighted by atomic mass is 9.93. The first-order chi connectivity index (χ1) is 15.8. The summed E-state index contributed by atoms with van der Waals surface area (Å²) in [5.74, 6) is 1.17. The van der Waals surface area contributed by atoms with Gasteiger partial charge in [-0.15, -0.1) is 0 Å². The highest BCUT2D eigenvalue weighted by Crippen LogP contribution is 2.34. The maximum atomic E-state index is 11.7. The number of nitrogens with zero attached hydrogens (tertiary/aromatic N) is 1. The second-order valence-corrected chi connectivity index (χ2v) is 10.4. The summed E-state index contributed by atoms with van der Waals surface area (Å²) in [7, 11) is -1.56. The van der Waals surface area contributed by atoms with Crippen molar-refractivity contribution in [1.29, 1.82) is 0 Å². The third-order valence-corrected chi connectivity index (χ3v) is 6.83. The Bertz CT molecular complexity index is 1440. The molecule has 0 saturated heterocycles. The molecule has 4 aromatic rings. The Morgan fingerprint density at radius 1 is 0.939 bits per heavy atom. The maximum Gasteiger partial charge on any atom is 0.175 e. The molecule has 0 radical (unpaired) electrons. The smallest absolute Gasteiger partial charge is 0.175 e. The molecule has 33 heavy (non-hydrogen) atoms. The van der Waals surface area contributed by atoms with E-state index in [2.05, 4.69) is 49.2 Å². The highest BCUT2D eigenvalue weighted by atomic mass is 32.2. The number of ether oxygens (including phenoxy) is 1. The zero-order chi connectivity index (χ0) is 23.6. The first-order valence-electron chi connectivity index (χ1n) is 10.8. The van der Waals surface area contributed by atoms with Crippen LogP contribution in [0.1, 0.15) is 36.5 Å². The van der Waals surface area contributed by atoms with Gasteiger partial charge in [0.15, 0.2) is 9.84 Å². The van der Waals surface area contributed by atoms with E-state index in [1.165, 1.54) is 11.8 Å². The zero-order valence-electron chi connectivity index (χ0n) is 19.2. The molecule has 0 N–H and O–H groups in total. The van der Waals surface area contributed by atoms with Gasteiger partial charge < -0.3 is 4.74 Å². The van der Waals surface area contributed by atoms with Gasteiger partial charge in [0.25, 0.3) is 0 Å². The second kappa shape index (κ2) is 9.20. The molecule has 0 bridgehead atoms. The molecule has 4 nitrogen and oxygen atoms in total. The largest absolute Gasteiger partial charge is 0.496 e. The molecular weight excluding hydrogens is 430 g/mol. The first-order valence-corrected chi connectivity index (χ1v) is 12.7. The van der Waals surface area contributed by atoms with Crippen molar-refractivity contribution in [3.05, 3.63) is 89.6 Å². The van der Waals surface area contributed by atoms with Crippen LogP contribution in [0.15, 0.2) is 77.8 Å². The van der Waals surface area contributed by atoms with E-state index in [1.54, 1.807) is 31.4 Å². The Kier molecular flexibility index (Phi) is 6.34. The summed E-state index contributed by atoms with van der Waals surface area (Å²) >= 11 is 0. The zero-order valence-corrected chi connectivity index (χ0v) is 20.1. The Labute approximate surface area is 195 Å². The van der Waals surface area contributed by atoms with Gasteiger partial charge in [0.2, 0.25) is 0 Å². The fourth-order valence-corrected chi connectivity index (χ4v) is 4.44. The first kappa shape index (κ1) is 22.7. The lowest BCUT2D eigenvalue weighted by Crippen LogP contribution is -1.96. The van der Waals surface area contributed by atoms with Crippen molar-refractivity contribution in [3.63, 3.8) is 0 Å². The summed E-state index contributed by atoms with van der Waals surface area (Å²) in [5.41, 5.74) is 6.23. The molecule has 0 fully saturated rings. The Morgan fingerprint density at radius 3 is 2.36 bits per heavy atom. The minimum atomic E-state index is -3.21. The molecule has 3 aromatic carbocycles. The van der Waals surface area contributed by atoms with Crippen LogP contribution in [0.3, 0.4) is 0 Å². The number of sulfone groups is 1. The molecule has 0 unspecified atom stereocenters. The average molecular weight is 458 g/mol. The second-order valence-electron chi connectivity index (χ2n) is 8.43. The summed E-state index contributed by atoms with van der Waals surface area (Å²) in [6.07, 6.45) is 6.97. The van der Waals surface area contributed by atoms with E-state index >= 15 is 0 Å². The standard InChI is InChI=1S/C28H27NO3S/c1-19(2)24-17-23-6-5-15-29-28(23)26(18-24)21-11-14-27(32-3)22(16-21)10-7-20-8-12-25(13-9-20)33(4,30)31/h5-19H,1-4H3. The summed E-state index contributed by atoms with van der Waals surface area (Å²) in [5, 5.41) is 1.12. The lowest BCUT2D eigenvalue weighted by molar-refractivity contribution is 0.414. The predicted octanol–water partition coefficient (Wildman–Crippen LogP) is 6.61. The Balaban J connectivity index is 1.77. The topological polar surface area (TPSA) is 56.3 Å². The van der Waals surface area contributed by atoms with E-state index in [9.17, 15) is 8.42 Å². The van der Waals surface area contributed by atoms with Gasteiger partial charge in [-0.25, -0.2) is 8.42 Å². The van der Waals surface area contributed by atoms with Gasteiger partial charge in [0.1, 0.15) is 5.75 Å². The van der Waals surface area contributed by atoms with Gasteiger partial charge in [0.05, 0.1) is 17.5 Å². The molecule has 5 heteroatoms. The minimum Gasteiger partial charge on any atom is -0.496 e. The van der Waals surface area contributed by atoms with Crippen molar-refractivity contribution in [2.75, 3.05) is 13.4 Å². The van der Waals surface area contributed by atoms with Gasteiger partial charge in [0, 0.05) is 29.0 Å². The van der Waals surface area contributed by atoms with E-state index in [-0.39, 0.29) is 0 Å². The van der Waals surface area contributed by atoms with Crippen LogP contribution >= 0.6 is 0 Å². The summed E-state index contributed by atoms with van der Waals surface area (Å²) in [6, 6.07) is 21.5. The molecule has 0 aliphatic carbocycles. The van der Waals surface area contributed by atoms with E-state index < -0.39 is 9.84 Å². The maximum absolute atomic E-state index is 11.7. The molecule has 0 aliphatic rings. The minimum absolute atomic E-state index is 0.309. The molecule has 0 amide bonds. The summed E-state index contributed by atoms with van der Waals surface area (Å²) in [6.45, 7) is 4.39. The normalized spacial score (nSPS) is 12.0. The molecule has 1 aromatic heterocycles. The molecule has 1 heterocycles. The SMILES string of the molecule is COc1ccc(-c2cc(C(C)C)cc3cccnc23)cc1C=Cc1ccc(S(C)(=O)=O)cc1. The van der Waals surface area contributed by atoms with Gasteiger partial charge in [-0.3, -0.25) is 4.98 Å². The van der Waals surface area contributed by atoms with Crippen LogP contribution in [-0.4, -0.2) is 26.8 Å².